The van der Waals surface area contributed by atoms with Gasteiger partial charge in [-0.25, -0.2) is 0 Å². The molecule has 0 bridgehead atoms. The van der Waals surface area contributed by atoms with Gasteiger partial charge < -0.3 is 4.74 Å². The van der Waals surface area contributed by atoms with Crippen LogP contribution in [-0.4, -0.2) is 25.3 Å². The second-order valence-corrected chi connectivity index (χ2v) is 6.39. The minimum Gasteiger partial charge on any atom is -0.381 e. The number of ether oxygens (including phenoxy) is 1. The largest absolute Gasteiger partial charge is 0.381 e. The van der Waals surface area contributed by atoms with E-state index in [0.29, 0.717) is 18.1 Å². The number of hydrogen-bond donors (Lipinski definition) is 0. The lowest BCUT2D eigenvalue weighted by molar-refractivity contribution is -0.120. The summed E-state index contributed by atoms with van der Waals surface area (Å²) in [5, 5.41) is 0. The van der Waals surface area contributed by atoms with Gasteiger partial charge in [0.2, 0.25) is 0 Å². The molecular formula is C17H24O2S. The first-order chi connectivity index (χ1) is 9.74. The van der Waals surface area contributed by atoms with Crippen LogP contribution in [0.25, 0.3) is 0 Å². The molecule has 0 saturated carbocycles. The summed E-state index contributed by atoms with van der Waals surface area (Å²) < 4.78 is 5.46. The van der Waals surface area contributed by atoms with Crippen molar-refractivity contribution in [2.75, 3.05) is 19.5 Å². The number of hydrogen-bond acceptors (Lipinski definition) is 3. The molecule has 0 N–H and O–H groups in total. The van der Waals surface area contributed by atoms with Crippen molar-refractivity contribution in [2.24, 2.45) is 5.92 Å². The first-order valence-electron chi connectivity index (χ1n) is 7.49. The molecule has 0 aliphatic carbocycles. The number of carbonyl (C=O) groups is 1. The fourth-order valence-corrected chi connectivity index (χ4v) is 3.22. The molecule has 0 aromatic heterocycles. The average Bonchev–Trinajstić information content (AvgIpc) is 2.98. The Kier molecular flexibility index (Phi) is 6.11. The molecule has 1 aromatic carbocycles. The maximum Gasteiger partial charge on any atom is 0.140 e. The minimum atomic E-state index is 0.0533. The third kappa shape index (κ3) is 4.10. The van der Waals surface area contributed by atoms with Crippen molar-refractivity contribution in [1.82, 2.24) is 0 Å². The van der Waals surface area contributed by atoms with Gasteiger partial charge in [-0.2, -0.15) is 0 Å². The lowest BCUT2D eigenvalue weighted by Gasteiger charge is -2.19. The van der Waals surface area contributed by atoms with E-state index in [9.17, 15) is 4.79 Å². The van der Waals surface area contributed by atoms with E-state index in [1.165, 1.54) is 10.5 Å². The van der Waals surface area contributed by atoms with Gasteiger partial charge in [0.25, 0.3) is 0 Å². The van der Waals surface area contributed by atoms with Gasteiger partial charge in [0.1, 0.15) is 5.78 Å². The minimum absolute atomic E-state index is 0.0533. The monoisotopic (exact) mass is 292 g/mol. The van der Waals surface area contributed by atoms with E-state index < -0.39 is 0 Å². The summed E-state index contributed by atoms with van der Waals surface area (Å²) in [5.41, 5.74) is 1.17. The van der Waals surface area contributed by atoms with Crippen LogP contribution in [-0.2, 0) is 9.53 Å². The summed E-state index contributed by atoms with van der Waals surface area (Å²) in [7, 11) is 0. The van der Waals surface area contributed by atoms with Gasteiger partial charge in [0.15, 0.2) is 0 Å². The predicted molar refractivity (Wildman–Crippen MR) is 84.4 cm³/mol. The summed E-state index contributed by atoms with van der Waals surface area (Å²) >= 11 is 1.74. The molecule has 3 heteroatoms. The van der Waals surface area contributed by atoms with E-state index in [2.05, 4.69) is 37.4 Å². The number of thioether (sulfide) groups is 1. The molecule has 1 aromatic rings. The summed E-state index contributed by atoms with van der Waals surface area (Å²) in [5.74, 6) is 0.981. The number of rotatable bonds is 7. The fourth-order valence-electron chi connectivity index (χ4n) is 2.81. The molecule has 0 spiro atoms. The number of ketones is 1. The highest BCUT2D eigenvalue weighted by molar-refractivity contribution is 7.98. The zero-order chi connectivity index (χ0) is 14.4. The number of benzene rings is 1. The lowest BCUT2D eigenvalue weighted by Crippen LogP contribution is -2.17. The molecule has 1 heterocycles. The van der Waals surface area contributed by atoms with Crippen LogP contribution in [0.15, 0.2) is 29.2 Å². The Morgan fingerprint density at radius 3 is 2.70 bits per heavy atom. The van der Waals surface area contributed by atoms with Crippen LogP contribution in [0.4, 0.5) is 0 Å². The topological polar surface area (TPSA) is 26.3 Å². The van der Waals surface area contributed by atoms with Crippen molar-refractivity contribution < 1.29 is 9.53 Å². The van der Waals surface area contributed by atoms with Gasteiger partial charge in [-0.15, -0.1) is 11.8 Å². The second-order valence-electron chi connectivity index (χ2n) is 5.51. The molecule has 1 aliphatic rings. The molecule has 0 radical (unpaired) electrons. The summed E-state index contributed by atoms with van der Waals surface area (Å²) in [6.45, 7) is 3.74. The lowest BCUT2D eigenvalue weighted by atomic mass is 9.84. The zero-order valence-electron chi connectivity index (χ0n) is 12.4. The van der Waals surface area contributed by atoms with Crippen molar-refractivity contribution in [3.63, 3.8) is 0 Å². The maximum atomic E-state index is 12.4. The Balaban J connectivity index is 2.12. The Morgan fingerprint density at radius 2 is 2.15 bits per heavy atom. The molecule has 2 unspecified atom stereocenters. The van der Waals surface area contributed by atoms with Gasteiger partial charge in [-0.3, -0.25) is 4.79 Å². The Bertz CT molecular complexity index is 421. The normalized spacial score (nSPS) is 20.0. The van der Waals surface area contributed by atoms with Crippen LogP contribution in [0, 0.1) is 5.92 Å². The van der Waals surface area contributed by atoms with Gasteiger partial charge in [-0.1, -0.05) is 19.1 Å². The van der Waals surface area contributed by atoms with E-state index in [-0.39, 0.29) is 5.92 Å². The van der Waals surface area contributed by atoms with Crippen LogP contribution < -0.4 is 0 Å². The highest BCUT2D eigenvalue weighted by Crippen LogP contribution is 2.31. The van der Waals surface area contributed by atoms with E-state index in [4.69, 9.17) is 4.74 Å². The molecule has 20 heavy (non-hydrogen) atoms. The van der Waals surface area contributed by atoms with E-state index >= 15 is 0 Å². The van der Waals surface area contributed by atoms with Crippen molar-refractivity contribution >= 4 is 17.5 Å². The third-order valence-electron chi connectivity index (χ3n) is 4.00. The molecule has 2 atom stereocenters. The molecule has 2 nitrogen and oxygen atoms in total. The van der Waals surface area contributed by atoms with Crippen LogP contribution >= 0.6 is 11.8 Å². The highest BCUT2D eigenvalue weighted by Gasteiger charge is 2.26. The van der Waals surface area contributed by atoms with Crippen molar-refractivity contribution in [3.05, 3.63) is 29.8 Å². The Labute approximate surface area is 126 Å². The van der Waals surface area contributed by atoms with Gasteiger partial charge in [-0.05, 0) is 49.1 Å². The van der Waals surface area contributed by atoms with Crippen molar-refractivity contribution in [3.8, 4) is 0 Å². The zero-order valence-corrected chi connectivity index (χ0v) is 13.2. The highest BCUT2D eigenvalue weighted by atomic mass is 32.2. The maximum absolute atomic E-state index is 12.4. The molecule has 2 rings (SSSR count). The summed E-state index contributed by atoms with van der Waals surface area (Å²) in [6.07, 6.45) is 5.72. The Hall–Kier alpha value is -0.800. The van der Waals surface area contributed by atoms with Gasteiger partial charge >= 0.3 is 0 Å². The van der Waals surface area contributed by atoms with E-state index in [1.54, 1.807) is 11.8 Å². The molecule has 110 valence electrons. The average molecular weight is 292 g/mol. The predicted octanol–water partition coefficient (Wildman–Crippen LogP) is 4.29. The second kappa shape index (κ2) is 7.84. The first kappa shape index (κ1) is 15.6. The number of Topliss-reactive ketones (excluding diaryl/α,β-unsaturated/α-hetero) is 1. The van der Waals surface area contributed by atoms with Crippen LogP contribution in [0.3, 0.4) is 0 Å². The van der Waals surface area contributed by atoms with Crippen LogP contribution in [0.1, 0.15) is 44.1 Å². The van der Waals surface area contributed by atoms with Crippen LogP contribution in [0.2, 0.25) is 0 Å². The molecular weight excluding hydrogens is 268 g/mol. The molecule has 1 fully saturated rings. The number of carbonyl (C=O) groups excluding carboxylic acids is 1. The summed E-state index contributed by atoms with van der Waals surface area (Å²) in [6, 6.07) is 8.49. The van der Waals surface area contributed by atoms with Gasteiger partial charge in [0.05, 0.1) is 0 Å². The van der Waals surface area contributed by atoms with Crippen molar-refractivity contribution in [2.45, 2.75) is 43.4 Å². The quantitative estimate of drug-likeness (QED) is 0.701. The molecule has 1 saturated heterocycles. The smallest absolute Gasteiger partial charge is 0.140 e. The van der Waals surface area contributed by atoms with E-state index in [0.717, 1.165) is 32.5 Å². The first-order valence-corrected chi connectivity index (χ1v) is 8.71. The third-order valence-corrected chi connectivity index (χ3v) is 4.74. The molecule has 1 aliphatic heterocycles. The fraction of sp³-hybridized carbons (Fsp3) is 0.588. The van der Waals surface area contributed by atoms with Crippen LogP contribution in [0.5, 0.6) is 0 Å². The molecule has 0 amide bonds. The van der Waals surface area contributed by atoms with Gasteiger partial charge in [0, 0.05) is 30.4 Å². The standard InChI is InChI=1S/C17H24O2S/c1-3-4-17(18)16(11-13-9-10-19-12-13)14-5-7-15(20-2)8-6-14/h5-8,13,16H,3-4,9-12H2,1-2H3. The SMILES string of the molecule is CCCC(=O)C(CC1CCOC1)c1ccc(SC)cc1. The summed E-state index contributed by atoms with van der Waals surface area (Å²) in [4.78, 5) is 13.7. The Morgan fingerprint density at radius 1 is 1.40 bits per heavy atom. The van der Waals surface area contributed by atoms with E-state index in [1.807, 2.05) is 0 Å². The van der Waals surface area contributed by atoms with Crippen molar-refractivity contribution in [1.29, 1.82) is 0 Å².